The summed E-state index contributed by atoms with van der Waals surface area (Å²) in [6.45, 7) is 1.03. The number of carbonyl (C=O) groups excluding carboxylic acids is 4. The van der Waals surface area contributed by atoms with Crippen molar-refractivity contribution in [2.24, 2.45) is 5.92 Å². The Morgan fingerprint density at radius 2 is 1.32 bits per heavy atom. The summed E-state index contributed by atoms with van der Waals surface area (Å²) in [4.78, 5) is 56.9. The Bertz CT molecular complexity index is 1350. The Kier molecular flexibility index (Phi) is 5.71. The average Bonchev–Trinajstić information content (AvgIpc) is 3.58. The Hall–Kier alpha value is -4.46. The molecular weight excluding hydrogens is 472 g/mol. The number of ether oxygens (including phenoxy) is 1. The highest BCUT2D eigenvalue weighted by Gasteiger charge is 2.39. The van der Waals surface area contributed by atoms with Crippen molar-refractivity contribution in [2.75, 3.05) is 19.7 Å². The van der Waals surface area contributed by atoms with Crippen molar-refractivity contribution in [3.63, 3.8) is 0 Å². The number of imide groups is 1. The molecule has 1 atom stereocenters. The molecule has 3 amide bonds. The van der Waals surface area contributed by atoms with Crippen LogP contribution in [-0.4, -0.2) is 53.5 Å². The fourth-order valence-corrected chi connectivity index (χ4v) is 5.48. The predicted octanol–water partition coefficient (Wildman–Crippen LogP) is 4.40. The molecule has 186 valence electrons. The number of carbonyl (C=O) groups is 4. The van der Waals surface area contributed by atoms with Gasteiger partial charge in [0, 0.05) is 19.0 Å². The quantitative estimate of drug-likeness (QED) is 0.486. The number of likely N-dealkylation sites (tertiary alicyclic amines) is 1. The summed E-state index contributed by atoms with van der Waals surface area (Å²) in [5.41, 5.74) is 5.04. The lowest BCUT2D eigenvalue weighted by atomic mass is 9.98. The lowest BCUT2D eigenvalue weighted by Gasteiger charge is -2.19. The normalized spacial score (nSPS) is 18.0. The summed E-state index contributed by atoms with van der Waals surface area (Å²) >= 11 is 0. The number of amides is 3. The molecule has 1 saturated heterocycles. The van der Waals surface area contributed by atoms with E-state index >= 15 is 0 Å². The van der Waals surface area contributed by atoms with Crippen LogP contribution in [0.1, 0.15) is 50.6 Å². The standard InChI is InChI=1S/C29H24N2O6/c32-26(37-31-27(33)23-11-5-6-12-24(23)28(31)34)15-18-13-14-30(16-18)29(35)36-17-25-21-9-3-1-7-19(21)20-8-2-4-10-22(20)25/h1-12,18,25H,13-17H2/t18-/m1/s1. The molecule has 3 aromatic carbocycles. The van der Waals surface area contributed by atoms with Gasteiger partial charge in [-0.3, -0.25) is 9.59 Å². The van der Waals surface area contributed by atoms with Crippen LogP contribution in [0.15, 0.2) is 72.8 Å². The largest absolute Gasteiger partial charge is 0.448 e. The van der Waals surface area contributed by atoms with Crippen molar-refractivity contribution in [2.45, 2.75) is 18.8 Å². The highest BCUT2D eigenvalue weighted by atomic mass is 16.7. The first-order valence-electron chi connectivity index (χ1n) is 12.3. The molecule has 37 heavy (non-hydrogen) atoms. The Balaban J connectivity index is 1.03. The Morgan fingerprint density at radius 1 is 0.784 bits per heavy atom. The maximum Gasteiger partial charge on any atom is 0.409 e. The van der Waals surface area contributed by atoms with Gasteiger partial charge in [-0.2, -0.15) is 0 Å². The number of benzene rings is 3. The van der Waals surface area contributed by atoms with Crippen LogP contribution in [0, 0.1) is 5.92 Å². The molecule has 0 spiro atoms. The molecule has 0 radical (unpaired) electrons. The highest BCUT2D eigenvalue weighted by molar-refractivity contribution is 6.20. The molecule has 0 N–H and O–H groups in total. The fourth-order valence-electron chi connectivity index (χ4n) is 5.48. The van der Waals surface area contributed by atoms with Gasteiger partial charge >= 0.3 is 12.1 Å². The zero-order valence-electron chi connectivity index (χ0n) is 20.0. The van der Waals surface area contributed by atoms with E-state index in [1.807, 2.05) is 24.3 Å². The van der Waals surface area contributed by atoms with E-state index in [-0.39, 0.29) is 36.0 Å². The van der Waals surface area contributed by atoms with Crippen LogP contribution in [0.3, 0.4) is 0 Å². The first-order chi connectivity index (χ1) is 18.0. The van der Waals surface area contributed by atoms with Gasteiger partial charge in [0.2, 0.25) is 0 Å². The summed E-state index contributed by atoms with van der Waals surface area (Å²) in [6.07, 6.45) is 0.167. The van der Waals surface area contributed by atoms with Crippen LogP contribution in [0.5, 0.6) is 0 Å². The number of rotatable bonds is 5. The zero-order chi connectivity index (χ0) is 25.5. The number of hydrogen-bond donors (Lipinski definition) is 0. The van der Waals surface area contributed by atoms with E-state index in [2.05, 4.69) is 24.3 Å². The van der Waals surface area contributed by atoms with Crippen molar-refractivity contribution in [1.29, 1.82) is 0 Å². The highest BCUT2D eigenvalue weighted by Crippen LogP contribution is 2.44. The molecule has 2 aliphatic heterocycles. The topological polar surface area (TPSA) is 93.2 Å². The molecule has 2 heterocycles. The van der Waals surface area contributed by atoms with Gasteiger partial charge < -0.3 is 14.5 Å². The van der Waals surface area contributed by atoms with Gasteiger partial charge in [0.05, 0.1) is 17.5 Å². The van der Waals surface area contributed by atoms with E-state index in [0.717, 1.165) is 22.3 Å². The summed E-state index contributed by atoms with van der Waals surface area (Å²) in [7, 11) is 0. The monoisotopic (exact) mass is 496 g/mol. The molecule has 0 saturated carbocycles. The Labute approximate surface area is 213 Å². The van der Waals surface area contributed by atoms with E-state index in [1.165, 1.54) is 12.1 Å². The molecule has 8 heteroatoms. The van der Waals surface area contributed by atoms with Crippen molar-refractivity contribution in [3.05, 3.63) is 95.1 Å². The molecule has 0 unspecified atom stereocenters. The molecule has 3 aliphatic rings. The summed E-state index contributed by atoms with van der Waals surface area (Å²) < 4.78 is 5.72. The summed E-state index contributed by atoms with van der Waals surface area (Å²) in [6, 6.07) is 22.6. The van der Waals surface area contributed by atoms with E-state index < -0.39 is 23.9 Å². The third-order valence-corrected chi connectivity index (χ3v) is 7.29. The molecule has 6 rings (SSSR count). The van der Waals surface area contributed by atoms with Crippen LogP contribution >= 0.6 is 0 Å². The zero-order valence-corrected chi connectivity index (χ0v) is 20.0. The molecule has 0 bridgehead atoms. The van der Waals surface area contributed by atoms with Gasteiger partial charge in [0.1, 0.15) is 6.61 Å². The Morgan fingerprint density at radius 3 is 1.92 bits per heavy atom. The van der Waals surface area contributed by atoms with Gasteiger partial charge in [0.25, 0.3) is 11.8 Å². The maximum atomic E-state index is 12.8. The lowest BCUT2D eigenvalue weighted by Crippen LogP contribution is -2.34. The number of hydroxylamine groups is 2. The number of hydrogen-bond acceptors (Lipinski definition) is 6. The van der Waals surface area contributed by atoms with Crippen molar-refractivity contribution in [3.8, 4) is 11.1 Å². The van der Waals surface area contributed by atoms with Gasteiger partial charge in [-0.25, -0.2) is 9.59 Å². The third kappa shape index (κ3) is 4.04. The summed E-state index contributed by atoms with van der Waals surface area (Å²) in [5.74, 6) is -2.16. The minimum absolute atomic E-state index is 0.0133. The van der Waals surface area contributed by atoms with Gasteiger partial charge in [-0.1, -0.05) is 65.7 Å². The third-order valence-electron chi connectivity index (χ3n) is 7.29. The second-order valence-corrected chi connectivity index (χ2v) is 9.52. The molecule has 1 fully saturated rings. The maximum absolute atomic E-state index is 12.8. The lowest BCUT2D eigenvalue weighted by molar-refractivity contribution is -0.169. The molecular formula is C29H24N2O6. The van der Waals surface area contributed by atoms with Crippen LogP contribution in [0.25, 0.3) is 11.1 Å². The summed E-state index contributed by atoms with van der Waals surface area (Å²) in [5, 5.41) is 0.519. The smallest absolute Gasteiger partial charge is 0.409 e. The number of fused-ring (bicyclic) bond motifs is 4. The molecule has 3 aromatic rings. The molecule has 1 aliphatic carbocycles. The number of nitrogens with zero attached hydrogens (tertiary/aromatic N) is 2. The van der Waals surface area contributed by atoms with E-state index in [4.69, 9.17) is 9.57 Å². The van der Waals surface area contributed by atoms with Crippen LogP contribution in [0.4, 0.5) is 4.79 Å². The average molecular weight is 497 g/mol. The fraction of sp³-hybridized carbons (Fsp3) is 0.241. The van der Waals surface area contributed by atoms with Gasteiger partial charge in [-0.05, 0) is 46.7 Å². The molecule has 0 aromatic heterocycles. The first kappa shape index (κ1) is 23.0. The van der Waals surface area contributed by atoms with Crippen LogP contribution < -0.4 is 0 Å². The van der Waals surface area contributed by atoms with Crippen molar-refractivity contribution >= 4 is 23.9 Å². The van der Waals surface area contributed by atoms with Crippen LogP contribution in [0.2, 0.25) is 0 Å². The second kappa shape index (κ2) is 9.20. The van der Waals surface area contributed by atoms with Gasteiger partial charge in [-0.15, -0.1) is 0 Å². The van der Waals surface area contributed by atoms with Crippen LogP contribution in [-0.2, 0) is 14.4 Å². The first-order valence-corrected chi connectivity index (χ1v) is 12.3. The SMILES string of the molecule is O=C(C[C@H]1CCN(C(=O)OCC2c3ccccc3-c3ccccc32)C1)ON1C(=O)c2ccccc2C1=O. The van der Waals surface area contributed by atoms with Crippen molar-refractivity contribution < 1.29 is 28.8 Å². The minimum atomic E-state index is -0.686. The van der Waals surface area contributed by atoms with E-state index in [1.54, 1.807) is 17.0 Å². The molecule has 8 nitrogen and oxygen atoms in total. The van der Waals surface area contributed by atoms with E-state index in [0.29, 0.717) is 24.6 Å². The van der Waals surface area contributed by atoms with E-state index in [9.17, 15) is 19.2 Å². The predicted molar refractivity (Wildman–Crippen MR) is 132 cm³/mol. The van der Waals surface area contributed by atoms with Gasteiger partial charge in [0.15, 0.2) is 0 Å². The second-order valence-electron chi connectivity index (χ2n) is 9.52. The van der Waals surface area contributed by atoms with Crippen molar-refractivity contribution in [1.82, 2.24) is 9.96 Å². The minimum Gasteiger partial charge on any atom is -0.448 e.